The second-order valence-corrected chi connectivity index (χ2v) is 3.62. The summed E-state index contributed by atoms with van der Waals surface area (Å²) in [6.07, 6.45) is 1.61. The predicted molar refractivity (Wildman–Crippen MR) is 43.4 cm³/mol. The van der Waals surface area contributed by atoms with E-state index < -0.39 is 0 Å². The summed E-state index contributed by atoms with van der Waals surface area (Å²) in [5.74, 6) is 1.18. The molecule has 0 saturated carbocycles. The van der Waals surface area contributed by atoms with Crippen LogP contribution >= 0.6 is 0 Å². The zero-order chi connectivity index (χ0) is 8.27. The lowest BCUT2D eigenvalue weighted by atomic mass is 9.91. The van der Waals surface area contributed by atoms with Gasteiger partial charge in [-0.05, 0) is 12.3 Å². The van der Waals surface area contributed by atoms with E-state index in [2.05, 4.69) is 13.8 Å². The number of rotatable bonds is 2. The molecule has 1 aliphatic heterocycles. The van der Waals surface area contributed by atoms with Crippen molar-refractivity contribution in [1.82, 2.24) is 0 Å². The standard InChI is InChI=1S/C9H16O2/c1-7(2)5-8-6-11-4-3-9(8)10/h7-8H,3-6H2,1-2H3/t8-/m1/s1. The van der Waals surface area contributed by atoms with Gasteiger partial charge in [0.1, 0.15) is 5.78 Å². The Morgan fingerprint density at radius 2 is 2.36 bits per heavy atom. The van der Waals surface area contributed by atoms with Crippen LogP contribution in [0.3, 0.4) is 0 Å². The molecule has 0 radical (unpaired) electrons. The molecule has 0 aromatic rings. The van der Waals surface area contributed by atoms with E-state index in [-0.39, 0.29) is 5.92 Å². The topological polar surface area (TPSA) is 26.3 Å². The summed E-state index contributed by atoms with van der Waals surface area (Å²) in [6.45, 7) is 5.56. The van der Waals surface area contributed by atoms with Crippen LogP contribution in [0.15, 0.2) is 0 Å². The fourth-order valence-corrected chi connectivity index (χ4v) is 1.46. The second kappa shape index (κ2) is 3.86. The monoisotopic (exact) mass is 156 g/mol. The normalized spacial score (nSPS) is 26.1. The maximum absolute atomic E-state index is 11.2. The van der Waals surface area contributed by atoms with Gasteiger partial charge in [0.05, 0.1) is 13.2 Å². The van der Waals surface area contributed by atoms with Crippen molar-refractivity contribution in [2.24, 2.45) is 11.8 Å². The molecule has 2 heteroatoms. The molecule has 0 aromatic heterocycles. The Labute approximate surface area is 67.9 Å². The first-order valence-electron chi connectivity index (χ1n) is 4.30. The van der Waals surface area contributed by atoms with Gasteiger partial charge >= 0.3 is 0 Å². The van der Waals surface area contributed by atoms with Crippen molar-refractivity contribution in [2.75, 3.05) is 13.2 Å². The Kier molecular flexibility index (Phi) is 3.06. The van der Waals surface area contributed by atoms with Gasteiger partial charge in [-0.1, -0.05) is 13.8 Å². The first-order chi connectivity index (χ1) is 5.20. The summed E-state index contributed by atoms with van der Waals surface area (Å²) in [6, 6.07) is 0. The molecular weight excluding hydrogens is 140 g/mol. The molecule has 1 atom stereocenters. The summed E-state index contributed by atoms with van der Waals surface area (Å²) in [5, 5.41) is 0. The quantitative estimate of drug-likeness (QED) is 0.607. The Hall–Kier alpha value is -0.370. The number of carbonyl (C=O) groups is 1. The third-order valence-electron chi connectivity index (χ3n) is 2.02. The van der Waals surface area contributed by atoms with E-state index in [1.165, 1.54) is 0 Å². The number of ether oxygens (including phenoxy) is 1. The molecule has 64 valence electrons. The summed E-state index contributed by atoms with van der Waals surface area (Å²) < 4.78 is 5.23. The zero-order valence-electron chi connectivity index (χ0n) is 7.30. The first-order valence-corrected chi connectivity index (χ1v) is 4.30. The van der Waals surface area contributed by atoms with Crippen LogP contribution in [-0.4, -0.2) is 19.0 Å². The number of Topliss-reactive ketones (excluding diaryl/α,β-unsaturated/α-hetero) is 1. The van der Waals surface area contributed by atoms with Crippen LogP contribution in [-0.2, 0) is 9.53 Å². The highest BCUT2D eigenvalue weighted by molar-refractivity contribution is 5.81. The van der Waals surface area contributed by atoms with Gasteiger partial charge in [0.25, 0.3) is 0 Å². The van der Waals surface area contributed by atoms with E-state index in [0.29, 0.717) is 31.3 Å². The molecule has 0 aromatic carbocycles. The minimum Gasteiger partial charge on any atom is -0.380 e. The van der Waals surface area contributed by atoms with Gasteiger partial charge in [-0.2, -0.15) is 0 Å². The van der Waals surface area contributed by atoms with Crippen LogP contribution in [0, 0.1) is 11.8 Å². The summed E-state index contributed by atoms with van der Waals surface area (Å²) in [4.78, 5) is 11.2. The third kappa shape index (κ3) is 2.62. The SMILES string of the molecule is CC(C)C[C@@H]1COCCC1=O. The highest BCUT2D eigenvalue weighted by atomic mass is 16.5. The van der Waals surface area contributed by atoms with Crippen LogP contribution in [0.5, 0.6) is 0 Å². The van der Waals surface area contributed by atoms with Crippen molar-refractivity contribution in [1.29, 1.82) is 0 Å². The van der Waals surface area contributed by atoms with E-state index in [1.807, 2.05) is 0 Å². The maximum atomic E-state index is 11.2. The van der Waals surface area contributed by atoms with Crippen LogP contribution in [0.4, 0.5) is 0 Å². The van der Waals surface area contributed by atoms with Crippen molar-refractivity contribution in [3.63, 3.8) is 0 Å². The van der Waals surface area contributed by atoms with E-state index in [0.717, 1.165) is 6.42 Å². The molecule has 0 amide bonds. The van der Waals surface area contributed by atoms with Gasteiger partial charge in [0, 0.05) is 12.3 Å². The minimum absolute atomic E-state index is 0.184. The average molecular weight is 156 g/mol. The molecule has 1 rings (SSSR count). The Morgan fingerprint density at radius 1 is 1.64 bits per heavy atom. The van der Waals surface area contributed by atoms with Crippen molar-refractivity contribution in [2.45, 2.75) is 26.7 Å². The van der Waals surface area contributed by atoms with Gasteiger partial charge in [-0.25, -0.2) is 0 Å². The largest absolute Gasteiger partial charge is 0.380 e. The Bertz CT molecular complexity index is 140. The molecule has 0 bridgehead atoms. The fraction of sp³-hybridized carbons (Fsp3) is 0.889. The molecule has 1 heterocycles. The Morgan fingerprint density at radius 3 is 2.91 bits per heavy atom. The highest BCUT2D eigenvalue weighted by Gasteiger charge is 2.23. The van der Waals surface area contributed by atoms with Gasteiger partial charge in [-0.15, -0.1) is 0 Å². The number of carbonyl (C=O) groups excluding carboxylic acids is 1. The highest BCUT2D eigenvalue weighted by Crippen LogP contribution is 2.18. The average Bonchev–Trinajstić information content (AvgIpc) is 1.93. The number of hydrogen-bond donors (Lipinski definition) is 0. The maximum Gasteiger partial charge on any atom is 0.140 e. The molecule has 1 saturated heterocycles. The van der Waals surface area contributed by atoms with Gasteiger partial charge < -0.3 is 4.74 Å². The molecule has 0 N–H and O–H groups in total. The Balaban J connectivity index is 2.36. The lowest BCUT2D eigenvalue weighted by molar-refractivity contribution is -0.131. The van der Waals surface area contributed by atoms with Gasteiger partial charge in [0.15, 0.2) is 0 Å². The van der Waals surface area contributed by atoms with E-state index in [1.54, 1.807) is 0 Å². The summed E-state index contributed by atoms with van der Waals surface area (Å²) >= 11 is 0. The molecular formula is C9H16O2. The molecule has 11 heavy (non-hydrogen) atoms. The van der Waals surface area contributed by atoms with Crippen molar-refractivity contribution < 1.29 is 9.53 Å². The van der Waals surface area contributed by atoms with E-state index in [9.17, 15) is 4.79 Å². The third-order valence-corrected chi connectivity index (χ3v) is 2.02. The predicted octanol–water partition coefficient (Wildman–Crippen LogP) is 1.64. The lowest BCUT2D eigenvalue weighted by Gasteiger charge is -2.22. The van der Waals surface area contributed by atoms with Crippen LogP contribution in [0.1, 0.15) is 26.7 Å². The number of hydrogen-bond acceptors (Lipinski definition) is 2. The van der Waals surface area contributed by atoms with Crippen molar-refractivity contribution in [3.8, 4) is 0 Å². The van der Waals surface area contributed by atoms with Crippen LogP contribution in [0.2, 0.25) is 0 Å². The van der Waals surface area contributed by atoms with E-state index >= 15 is 0 Å². The van der Waals surface area contributed by atoms with Crippen LogP contribution in [0.25, 0.3) is 0 Å². The van der Waals surface area contributed by atoms with Crippen molar-refractivity contribution >= 4 is 5.78 Å². The molecule has 0 spiro atoms. The lowest BCUT2D eigenvalue weighted by Crippen LogP contribution is -2.28. The second-order valence-electron chi connectivity index (χ2n) is 3.62. The minimum atomic E-state index is 0.184. The fourth-order valence-electron chi connectivity index (χ4n) is 1.46. The van der Waals surface area contributed by atoms with Gasteiger partial charge in [0.2, 0.25) is 0 Å². The zero-order valence-corrected chi connectivity index (χ0v) is 7.30. The molecule has 1 fully saturated rings. The first kappa shape index (κ1) is 8.72. The molecule has 0 unspecified atom stereocenters. The van der Waals surface area contributed by atoms with Gasteiger partial charge in [-0.3, -0.25) is 4.79 Å². The smallest absolute Gasteiger partial charge is 0.140 e. The summed E-state index contributed by atoms with van der Waals surface area (Å²) in [5.41, 5.74) is 0. The number of ketones is 1. The molecule has 0 aliphatic carbocycles. The van der Waals surface area contributed by atoms with Crippen molar-refractivity contribution in [3.05, 3.63) is 0 Å². The van der Waals surface area contributed by atoms with E-state index in [4.69, 9.17) is 4.74 Å². The summed E-state index contributed by atoms with van der Waals surface area (Å²) in [7, 11) is 0. The van der Waals surface area contributed by atoms with Crippen LogP contribution < -0.4 is 0 Å². The molecule has 1 aliphatic rings. The molecule has 2 nitrogen and oxygen atoms in total.